The fourth-order valence-electron chi connectivity index (χ4n) is 3.17. The molecule has 3 rings (SSSR count). The number of carbonyl (C=O) groups is 2. The average Bonchev–Trinajstić information content (AvgIpc) is 3.18. The lowest BCUT2D eigenvalue weighted by atomic mass is 10.0. The maximum absolute atomic E-state index is 12.8. The lowest BCUT2D eigenvalue weighted by molar-refractivity contribution is -0.113. The number of rotatable bonds is 10. The van der Waals surface area contributed by atoms with Gasteiger partial charge in [-0.05, 0) is 36.2 Å². The minimum absolute atomic E-state index is 0.0723. The van der Waals surface area contributed by atoms with Gasteiger partial charge in [0.05, 0.1) is 11.8 Å². The molecule has 172 valence electrons. The number of nitrogens with zero attached hydrogens (tertiary/aromatic N) is 3. The number of hydrogen-bond donors (Lipinski definition) is 2. The number of amides is 2. The molecule has 2 aromatic carbocycles. The van der Waals surface area contributed by atoms with Gasteiger partial charge in [-0.25, -0.2) is 0 Å². The largest absolute Gasteiger partial charge is 0.342 e. The lowest BCUT2D eigenvalue weighted by Gasteiger charge is -2.22. The first-order chi connectivity index (χ1) is 15.9. The molecule has 3 aromatic rings. The number of carbonyl (C=O) groups excluding carboxylic acids is 2. The molecular weight excluding hydrogens is 502 g/mol. The first kappa shape index (κ1) is 24.7. The summed E-state index contributed by atoms with van der Waals surface area (Å²) in [5, 5.41) is 15.2. The molecule has 33 heavy (non-hydrogen) atoms. The van der Waals surface area contributed by atoms with E-state index in [-0.39, 0.29) is 29.5 Å². The fraction of sp³-hybridized carbons (Fsp3) is 0.250. The van der Waals surface area contributed by atoms with E-state index in [9.17, 15) is 9.59 Å². The third kappa shape index (κ3) is 6.79. The summed E-state index contributed by atoms with van der Waals surface area (Å²) in [6.45, 7) is 8.32. The van der Waals surface area contributed by atoms with Gasteiger partial charge in [0.15, 0.2) is 11.0 Å². The number of allylic oxidation sites excluding steroid dienone is 1. The summed E-state index contributed by atoms with van der Waals surface area (Å²) >= 11 is 4.69. The van der Waals surface area contributed by atoms with Crippen LogP contribution in [-0.4, -0.2) is 32.3 Å². The molecule has 0 fully saturated rings. The Hall–Kier alpha value is -2.91. The predicted octanol–water partition coefficient (Wildman–Crippen LogP) is 5.08. The molecule has 7 nitrogen and oxygen atoms in total. The number of halogens is 1. The summed E-state index contributed by atoms with van der Waals surface area (Å²) in [5.41, 5.74) is 1.29. The highest BCUT2D eigenvalue weighted by atomic mass is 79.9. The van der Waals surface area contributed by atoms with E-state index >= 15 is 0 Å². The second kappa shape index (κ2) is 11.8. The van der Waals surface area contributed by atoms with Gasteiger partial charge in [-0.3, -0.25) is 9.59 Å². The Bertz CT molecular complexity index is 1120. The summed E-state index contributed by atoms with van der Waals surface area (Å²) in [4.78, 5) is 25.2. The van der Waals surface area contributed by atoms with Gasteiger partial charge in [-0.2, -0.15) is 0 Å². The Labute approximate surface area is 206 Å². The van der Waals surface area contributed by atoms with Gasteiger partial charge < -0.3 is 15.2 Å². The van der Waals surface area contributed by atoms with E-state index in [4.69, 9.17) is 0 Å². The molecule has 1 aromatic heterocycles. The maximum Gasteiger partial charge on any atom is 0.251 e. The summed E-state index contributed by atoms with van der Waals surface area (Å²) in [7, 11) is 0. The number of thioether (sulfide) groups is 1. The monoisotopic (exact) mass is 527 g/mol. The Morgan fingerprint density at radius 2 is 1.91 bits per heavy atom. The normalized spacial score (nSPS) is 11.8. The Balaban J connectivity index is 1.74. The fourth-order valence-corrected chi connectivity index (χ4v) is 4.33. The Morgan fingerprint density at radius 1 is 1.15 bits per heavy atom. The Morgan fingerprint density at radius 3 is 2.58 bits per heavy atom. The molecule has 2 amide bonds. The number of anilines is 1. The summed E-state index contributed by atoms with van der Waals surface area (Å²) in [6.07, 6.45) is 1.74. The van der Waals surface area contributed by atoms with E-state index in [0.29, 0.717) is 28.8 Å². The van der Waals surface area contributed by atoms with Crippen molar-refractivity contribution in [3.63, 3.8) is 0 Å². The van der Waals surface area contributed by atoms with E-state index in [1.807, 2.05) is 60.9 Å². The van der Waals surface area contributed by atoms with Crippen molar-refractivity contribution in [2.75, 3.05) is 11.1 Å². The summed E-state index contributed by atoms with van der Waals surface area (Å²) < 4.78 is 2.78. The van der Waals surface area contributed by atoms with Crippen LogP contribution in [0.4, 0.5) is 5.69 Å². The van der Waals surface area contributed by atoms with Crippen LogP contribution in [-0.2, 0) is 11.3 Å². The Kier molecular flexibility index (Phi) is 8.85. The van der Waals surface area contributed by atoms with Crippen LogP contribution >= 0.6 is 27.7 Å². The first-order valence-electron chi connectivity index (χ1n) is 10.5. The molecule has 0 aliphatic carbocycles. The second-order valence-corrected chi connectivity index (χ2v) is 9.51. The van der Waals surface area contributed by atoms with Gasteiger partial charge in [0, 0.05) is 22.3 Å². The van der Waals surface area contributed by atoms with Gasteiger partial charge in [0.1, 0.15) is 0 Å². The van der Waals surface area contributed by atoms with Crippen LogP contribution in [0.25, 0.3) is 0 Å². The van der Waals surface area contributed by atoms with E-state index < -0.39 is 0 Å². The van der Waals surface area contributed by atoms with Crippen molar-refractivity contribution >= 4 is 45.2 Å². The van der Waals surface area contributed by atoms with Crippen molar-refractivity contribution in [3.8, 4) is 0 Å². The summed E-state index contributed by atoms with van der Waals surface area (Å²) in [6, 6.07) is 16.1. The molecule has 0 saturated carbocycles. The average molecular weight is 528 g/mol. The van der Waals surface area contributed by atoms with E-state index in [1.165, 1.54) is 11.8 Å². The molecule has 0 spiro atoms. The summed E-state index contributed by atoms with van der Waals surface area (Å²) in [5.74, 6) is 0.549. The third-order valence-electron chi connectivity index (χ3n) is 4.77. The van der Waals surface area contributed by atoms with E-state index in [0.717, 1.165) is 4.47 Å². The van der Waals surface area contributed by atoms with Crippen molar-refractivity contribution in [2.45, 2.75) is 31.6 Å². The minimum Gasteiger partial charge on any atom is -0.342 e. The standard InChI is InChI=1S/C24H26BrN5O2S/c1-4-13-30-22(21(16(2)3)27-23(32)17-9-6-5-7-10-17)28-29-24(30)33-15-20(31)26-19-12-8-11-18(25)14-19/h4-12,14,16,21H,1,13,15H2,2-3H3,(H,26,31)(H,27,32)/t21-/m0/s1. The second-order valence-electron chi connectivity index (χ2n) is 7.65. The van der Waals surface area contributed by atoms with Crippen LogP contribution in [0.3, 0.4) is 0 Å². The number of benzene rings is 2. The van der Waals surface area contributed by atoms with Crippen LogP contribution in [0.1, 0.15) is 36.1 Å². The molecule has 0 bridgehead atoms. The minimum atomic E-state index is -0.352. The van der Waals surface area contributed by atoms with Gasteiger partial charge in [0.2, 0.25) is 5.91 Å². The molecule has 0 radical (unpaired) electrons. The lowest BCUT2D eigenvalue weighted by Crippen LogP contribution is -2.33. The number of nitrogens with one attached hydrogen (secondary N) is 2. The zero-order valence-corrected chi connectivity index (χ0v) is 20.9. The molecule has 0 saturated heterocycles. The van der Waals surface area contributed by atoms with Gasteiger partial charge in [0.25, 0.3) is 5.91 Å². The maximum atomic E-state index is 12.8. The van der Waals surface area contributed by atoms with Crippen molar-refractivity contribution in [2.24, 2.45) is 5.92 Å². The van der Waals surface area contributed by atoms with Crippen LogP contribution < -0.4 is 10.6 Å². The van der Waals surface area contributed by atoms with Crippen molar-refractivity contribution in [3.05, 3.63) is 83.1 Å². The molecule has 0 unspecified atom stereocenters. The van der Waals surface area contributed by atoms with Crippen molar-refractivity contribution < 1.29 is 9.59 Å². The first-order valence-corrected chi connectivity index (χ1v) is 12.2. The van der Waals surface area contributed by atoms with Crippen LogP contribution in [0, 0.1) is 5.92 Å². The molecule has 1 heterocycles. The zero-order valence-electron chi connectivity index (χ0n) is 18.5. The molecule has 2 N–H and O–H groups in total. The highest BCUT2D eigenvalue weighted by Gasteiger charge is 2.26. The number of aromatic nitrogens is 3. The molecule has 0 aliphatic heterocycles. The number of hydrogen-bond acceptors (Lipinski definition) is 5. The van der Waals surface area contributed by atoms with Gasteiger partial charge >= 0.3 is 0 Å². The van der Waals surface area contributed by atoms with Crippen LogP contribution in [0.15, 0.2) is 76.9 Å². The van der Waals surface area contributed by atoms with E-state index in [1.54, 1.807) is 18.2 Å². The predicted molar refractivity (Wildman–Crippen MR) is 135 cm³/mol. The topological polar surface area (TPSA) is 88.9 Å². The smallest absolute Gasteiger partial charge is 0.251 e. The third-order valence-corrected chi connectivity index (χ3v) is 6.23. The van der Waals surface area contributed by atoms with Gasteiger partial charge in [-0.1, -0.05) is 71.9 Å². The molecule has 9 heteroatoms. The molecule has 0 aliphatic rings. The van der Waals surface area contributed by atoms with Gasteiger partial charge in [-0.15, -0.1) is 16.8 Å². The van der Waals surface area contributed by atoms with E-state index in [2.05, 4.69) is 43.3 Å². The van der Waals surface area contributed by atoms with Crippen LogP contribution in [0.2, 0.25) is 0 Å². The van der Waals surface area contributed by atoms with Crippen LogP contribution in [0.5, 0.6) is 0 Å². The highest BCUT2D eigenvalue weighted by Crippen LogP contribution is 2.26. The molecular formula is C24H26BrN5O2S. The quantitative estimate of drug-likeness (QED) is 0.283. The van der Waals surface area contributed by atoms with Crippen molar-refractivity contribution in [1.82, 2.24) is 20.1 Å². The molecule has 1 atom stereocenters. The van der Waals surface area contributed by atoms with Crippen molar-refractivity contribution in [1.29, 1.82) is 0 Å². The SMILES string of the molecule is C=CCn1c(SCC(=O)Nc2cccc(Br)c2)nnc1[C@@H](NC(=O)c1ccccc1)C(C)C. The highest BCUT2D eigenvalue weighted by molar-refractivity contribution is 9.10. The zero-order chi connectivity index (χ0) is 23.8.